The molecule has 2 aromatic carbocycles. The summed E-state index contributed by atoms with van der Waals surface area (Å²) in [4.78, 5) is 26.8. The van der Waals surface area contributed by atoms with E-state index < -0.39 is 28.5 Å². The van der Waals surface area contributed by atoms with Crippen LogP contribution in [0.15, 0.2) is 51.8 Å². The summed E-state index contributed by atoms with van der Waals surface area (Å²) < 4.78 is 34.6. The molecule has 1 saturated heterocycles. The van der Waals surface area contributed by atoms with Gasteiger partial charge in [0.15, 0.2) is 6.61 Å². The Balaban J connectivity index is 1.41. The molecule has 2 aliphatic heterocycles. The number of esters is 1. The van der Waals surface area contributed by atoms with Crippen molar-refractivity contribution < 1.29 is 22.7 Å². The molecule has 1 fully saturated rings. The molecule has 9 heteroatoms. The van der Waals surface area contributed by atoms with Crippen LogP contribution in [0.2, 0.25) is 0 Å². The summed E-state index contributed by atoms with van der Waals surface area (Å²) >= 11 is 0. The summed E-state index contributed by atoms with van der Waals surface area (Å²) in [6.45, 7) is 4.15. The standard InChI is InChI=1S/C25H29N3O5S/c1-3-18-8-10-19(11-9-18)17(2)26-24(29)16-33-25(30)20-12-13-21-22(15-20)34(31,32)27-23-7-5-4-6-14-28(21)23/h8-13,15,17H,3-7,14,16H2,1-2H3,(H,26,29). The monoisotopic (exact) mass is 483 g/mol. The quantitative estimate of drug-likeness (QED) is 0.627. The van der Waals surface area contributed by atoms with Crippen molar-refractivity contribution in [3.63, 3.8) is 0 Å². The van der Waals surface area contributed by atoms with E-state index in [1.165, 1.54) is 17.7 Å². The van der Waals surface area contributed by atoms with Crippen LogP contribution in [0.3, 0.4) is 0 Å². The fourth-order valence-corrected chi connectivity index (χ4v) is 5.51. The number of carbonyl (C=O) groups excluding carboxylic acids is 2. The van der Waals surface area contributed by atoms with Gasteiger partial charge in [0.25, 0.3) is 15.9 Å². The Hall–Kier alpha value is -3.20. The van der Waals surface area contributed by atoms with Crippen LogP contribution in [-0.2, 0) is 26.0 Å². The fraction of sp³-hybridized carbons (Fsp3) is 0.400. The van der Waals surface area contributed by atoms with Gasteiger partial charge in [-0.15, -0.1) is 4.40 Å². The first-order valence-electron chi connectivity index (χ1n) is 11.6. The Morgan fingerprint density at radius 3 is 2.62 bits per heavy atom. The molecule has 0 spiro atoms. The highest BCUT2D eigenvalue weighted by Crippen LogP contribution is 2.35. The highest BCUT2D eigenvalue weighted by Gasteiger charge is 2.32. The predicted octanol–water partition coefficient (Wildman–Crippen LogP) is 3.76. The molecule has 2 heterocycles. The lowest BCUT2D eigenvalue weighted by Gasteiger charge is -2.29. The largest absolute Gasteiger partial charge is 0.452 e. The van der Waals surface area contributed by atoms with Crippen LogP contribution in [0.25, 0.3) is 0 Å². The first-order chi connectivity index (χ1) is 16.3. The molecule has 0 aromatic heterocycles. The van der Waals surface area contributed by atoms with Crippen LogP contribution in [0.5, 0.6) is 0 Å². The van der Waals surface area contributed by atoms with Gasteiger partial charge in [-0.1, -0.05) is 37.6 Å². The summed E-state index contributed by atoms with van der Waals surface area (Å²) in [5, 5.41) is 2.80. The third-order valence-corrected chi connectivity index (χ3v) is 7.52. The highest BCUT2D eigenvalue weighted by molar-refractivity contribution is 7.90. The van der Waals surface area contributed by atoms with Crippen molar-refractivity contribution in [2.24, 2.45) is 4.40 Å². The van der Waals surface area contributed by atoms with Gasteiger partial charge in [0.1, 0.15) is 10.7 Å². The molecule has 2 aliphatic rings. The third-order valence-electron chi connectivity index (χ3n) is 6.18. The molecule has 0 aliphatic carbocycles. The molecule has 8 nitrogen and oxygen atoms in total. The molecule has 180 valence electrons. The zero-order valence-corrected chi connectivity index (χ0v) is 20.2. The average Bonchev–Trinajstić information content (AvgIpc) is 3.07. The molecular formula is C25H29N3O5S. The van der Waals surface area contributed by atoms with E-state index in [2.05, 4.69) is 16.6 Å². The minimum Gasteiger partial charge on any atom is -0.452 e. The SMILES string of the molecule is CCc1ccc(C(C)NC(=O)COC(=O)c2ccc3c(c2)S(=O)(=O)N=C2CCCCCN23)cc1. The second-order valence-electron chi connectivity index (χ2n) is 8.59. The van der Waals surface area contributed by atoms with Gasteiger partial charge in [-0.3, -0.25) is 4.79 Å². The number of amidine groups is 1. The lowest BCUT2D eigenvalue weighted by Crippen LogP contribution is -2.35. The van der Waals surface area contributed by atoms with Crippen molar-refractivity contribution in [2.75, 3.05) is 18.1 Å². The third kappa shape index (κ3) is 5.14. The number of rotatable bonds is 6. The van der Waals surface area contributed by atoms with E-state index in [1.54, 1.807) is 6.07 Å². The first kappa shape index (κ1) is 23.9. The van der Waals surface area contributed by atoms with Gasteiger partial charge in [-0.25, -0.2) is 4.79 Å². The van der Waals surface area contributed by atoms with Crippen LogP contribution in [0, 0.1) is 0 Å². The van der Waals surface area contributed by atoms with Crippen molar-refractivity contribution in [1.82, 2.24) is 5.32 Å². The minimum atomic E-state index is -3.91. The maximum atomic E-state index is 12.7. The number of fused-ring (bicyclic) bond motifs is 3. The van der Waals surface area contributed by atoms with E-state index in [-0.39, 0.29) is 16.5 Å². The Bertz CT molecular complexity index is 1220. The Morgan fingerprint density at radius 2 is 1.88 bits per heavy atom. The summed E-state index contributed by atoms with van der Waals surface area (Å²) in [5.74, 6) is -0.654. The summed E-state index contributed by atoms with van der Waals surface area (Å²) in [6.07, 6.45) is 4.40. The van der Waals surface area contributed by atoms with Crippen molar-refractivity contribution in [3.05, 3.63) is 59.2 Å². The lowest BCUT2D eigenvalue weighted by molar-refractivity contribution is -0.124. The molecule has 1 amide bonds. The van der Waals surface area contributed by atoms with Crippen molar-refractivity contribution in [2.45, 2.75) is 56.9 Å². The smallest absolute Gasteiger partial charge is 0.338 e. The van der Waals surface area contributed by atoms with Gasteiger partial charge in [-0.05, 0) is 55.5 Å². The number of benzene rings is 2. The zero-order valence-electron chi connectivity index (χ0n) is 19.4. The molecule has 2 aromatic rings. The van der Waals surface area contributed by atoms with E-state index in [9.17, 15) is 18.0 Å². The van der Waals surface area contributed by atoms with Crippen LogP contribution < -0.4 is 10.2 Å². The number of sulfonamides is 1. The number of carbonyl (C=O) groups is 2. The molecule has 1 atom stereocenters. The summed E-state index contributed by atoms with van der Waals surface area (Å²) in [6, 6.07) is 12.1. The maximum Gasteiger partial charge on any atom is 0.338 e. The predicted molar refractivity (Wildman–Crippen MR) is 130 cm³/mol. The number of aryl methyl sites for hydroxylation is 1. The summed E-state index contributed by atoms with van der Waals surface area (Å²) in [5.41, 5.74) is 2.75. The van der Waals surface area contributed by atoms with E-state index in [4.69, 9.17) is 4.74 Å². The number of ether oxygens (including phenoxy) is 1. The fourth-order valence-electron chi connectivity index (χ4n) is 4.23. The molecule has 1 N–H and O–H groups in total. The lowest BCUT2D eigenvalue weighted by atomic mass is 10.1. The van der Waals surface area contributed by atoms with Crippen LogP contribution in [0.1, 0.15) is 67.1 Å². The number of hydrogen-bond donors (Lipinski definition) is 1. The number of amides is 1. The second kappa shape index (κ2) is 9.97. The summed E-state index contributed by atoms with van der Waals surface area (Å²) in [7, 11) is -3.91. The number of hydrogen-bond acceptors (Lipinski definition) is 6. The minimum absolute atomic E-state index is 0.0128. The molecular weight excluding hydrogens is 454 g/mol. The van der Waals surface area contributed by atoms with Crippen molar-refractivity contribution in [1.29, 1.82) is 0 Å². The zero-order chi connectivity index (χ0) is 24.3. The molecule has 4 rings (SSSR count). The van der Waals surface area contributed by atoms with E-state index in [1.807, 2.05) is 36.1 Å². The van der Waals surface area contributed by atoms with Crippen LogP contribution >= 0.6 is 0 Å². The van der Waals surface area contributed by atoms with E-state index in [0.29, 0.717) is 24.5 Å². The van der Waals surface area contributed by atoms with Gasteiger partial charge in [0.2, 0.25) is 0 Å². The normalized spacial score (nSPS) is 17.5. The van der Waals surface area contributed by atoms with Gasteiger partial charge in [0.05, 0.1) is 17.3 Å². The van der Waals surface area contributed by atoms with Gasteiger partial charge in [0, 0.05) is 13.0 Å². The number of nitrogens with zero attached hydrogens (tertiary/aromatic N) is 2. The highest BCUT2D eigenvalue weighted by atomic mass is 32.2. The molecule has 1 unspecified atom stereocenters. The first-order valence-corrected chi connectivity index (χ1v) is 13.0. The topological polar surface area (TPSA) is 105 Å². The Labute approximate surface area is 200 Å². The number of anilines is 1. The molecule has 34 heavy (non-hydrogen) atoms. The number of nitrogens with one attached hydrogen (secondary N) is 1. The maximum absolute atomic E-state index is 12.7. The Kier molecular flexibility index (Phi) is 7.02. The van der Waals surface area contributed by atoms with Gasteiger partial charge in [-0.2, -0.15) is 8.42 Å². The van der Waals surface area contributed by atoms with Crippen molar-refractivity contribution in [3.8, 4) is 0 Å². The Morgan fingerprint density at radius 1 is 1.12 bits per heavy atom. The molecule has 0 saturated carbocycles. The average molecular weight is 484 g/mol. The van der Waals surface area contributed by atoms with E-state index in [0.717, 1.165) is 31.2 Å². The van der Waals surface area contributed by atoms with Crippen LogP contribution in [0.4, 0.5) is 5.69 Å². The molecule has 0 radical (unpaired) electrons. The van der Waals surface area contributed by atoms with Gasteiger partial charge < -0.3 is 15.0 Å². The van der Waals surface area contributed by atoms with Gasteiger partial charge >= 0.3 is 5.97 Å². The second-order valence-corrected chi connectivity index (χ2v) is 10.2. The van der Waals surface area contributed by atoms with E-state index >= 15 is 0 Å². The van der Waals surface area contributed by atoms with Crippen molar-refractivity contribution >= 4 is 33.4 Å². The molecule has 0 bridgehead atoms. The van der Waals surface area contributed by atoms with Crippen LogP contribution in [-0.4, -0.2) is 39.3 Å².